The third-order valence-corrected chi connectivity index (χ3v) is 2.49. The molecule has 0 aliphatic carbocycles. The zero-order valence-corrected chi connectivity index (χ0v) is 11.9. The third kappa shape index (κ3) is 7.77. The highest BCUT2D eigenvalue weighted by molar-refractivity contribution is 5.17. The summed E-state index contributed by atoms with van der Waals surface area (Å²) >= 11 is 0. The highest BCUT2D eigenvalue weighted by Gasteiger charge is 1.97. The molecule has 1 aromatic rings. The maximum Gasteiger partial charge on any atom is 0.213 e. The summed E-state index contributed by atoms with van der Waals surface area (Å²) in [7, 11) is 1.69. The molecule has 0 aliphatic rings. The normalized spacial score (nSPS) is 10.6. The van der Waals surface area contributed by atoms with Crippen molar-refractivity contribution >= 4 is 0 Å². The van der Waals surface area contributed by atoms with Gasteiger partial charge in [-0.2, -0.15) is 0 Å². The van der Waals surface area contributed by atoms with Crippen LogP contribution >= 0.6 is 0 Å². The lowest BCUT2D eigenvalue weighted by Crippen LogP contribution is -2.12. The van der Waals surface area contributed by atoms with E-state index >= 15 is 0 Å². The molecule has 0 aromatic carbocycles. The first-order chi connectivity index (χ1) is 9.36. The Labute approximate surface area is 115 Å². The third-order valence-electron chi connectivity index (χ3n) is 2.49. The fraction of sp³-hybridized carbons (Fsp3) is 0.643. The predicted octanol–water partition coefficient (Wildman–Crippen LogP) is 1.62. The van der Waals surface area contributed by atoms with Gasteiger partial charge in [-0.15, -0.1) is 0 Å². The van der Waals surface area contributed by atoms with E-state index in [-0.39, 0.29) is 0 Å². The Morgan fingerprint density at radius 2 is 2.05 bits per heavy atom. The molecule has 5 heteroatoms. The molecule has 0 saturated heterocycles. The Morgan fingerprint density at radius 3 is 2.74 bits per heavy atom. The van der Waals surface area contributed by atoms with Gasteiger partial charge in [0, 0.05) is 39.1 Å². The summed E-state index contributed by atoms with van der Waals surface area (Å²) in [5, 5.41) is 3.25. The first-order valence-corrected chi connectivity index (χ1v) is 6.72. The maximum atomic E-state index is 5.48. The van der Waals surface area contributed by atoms with Gasteiger partial charge in [0.2, 0.25) is 5.88 Å². The van der Waals surface area contributed by atoms with Gasteiger partial charge in [-0.3, -0.25) is 0 Å². The quantitative estimate of drug-likeness (QED) is 0.618. The minimum Gasteiger partial charge on any atom is -0.475 e. The van der Waals surface area contributed by atoms with Gasteiger partial charge in [-0.05, 0) is 18.5 Å². The maximum absolute atomic E-state index is 5.48. The second-order valence-electron chi connectivity index (χ2n) is 4.09. The van der Waals surface area contributed by atoms with Crippen molar-refractivity contribution < 1.29 is 14.2 Å². The van der Waals surface area contributed by atoms with Gasteiger partial charge in [-0.25, -0.2) is 4.98 Å². The Hall–Kier alpha value is -1.17. The predicted molar refractivity (Wildman–Crippen MR) is 74.4 cm³/mol. The molecule has 5 nitrogen and oxygen atoms in total. The van der Waals surface area contributed by atoms with E-state index in [9.17, 15) is 0 Å². The molecule has 0 bridgehead atoms. The van der Waals surface area contributed by atoms with Gasteiger partial charge in [0.05, 0.1) is 6.61 Å². The monoisotopic (exact) mass is 268 g/mol. The van der Waals surface area contributed by atoms with Gasteiger partial charge < -0.3 is 19.5 Å². The molecule has 108 valence electrons. The van der Waals surface area contributed by atoms with Crippen LogP contribution in [-0.2, 0) is 16.0 Å². The van der Waals surface area contributed by atoms with Crippen molar-refractivity contribution in [2.24, 2.45) is 0 Å². The summed E-state index contributed by atoms with van der Waals surface area (Å²) in [5.41, 5.74) is 1.16. The number of rotatable bonds is 11. The van der Waals surface area contributed by atoms with Gasteiger partial charge in [0.25, 0.3) is 0 Å². The van der Waals surface area contributed by atoms with E-state index in [1.807, 2.05) is 18.3 Å². The average Bonchev–Trinajstić information content (AvgIpc) is 2.45. The van der Waals surface area contributed by atoms with Gasteiger partial charge in [0.1, 0.15) is 6.61 Å². The molecule has 1 heterocycles. The molecule has 19 heavy (non-hydrogen) atoms. The topological polar surface area (TPSA) is 52.6 Å². The van der Waals surface area contributed by atoms with E-state index in [2.05, 4.69) is 17.2 Å². The number of hydrogen-bond donors (Lipinski definition) is 1. The summed E-state index contributed by atoms with van der Waals surface area (Å²) < 4.78 is 15.8. The molecule has 0 radical (unpaired) electrons. The SMILES string of the molecule is CCNCc1ccc(OCCOCCCOC)nc1. The van der Waals surface area contributed by atoms with Crippen molar-refractivity contribution in [1.29, 1.82) is 0 Å². The van der Waals surface area contributed by atoms with Gasteiger partial charge in [0.15, 0.2) is 0 Å². The van der Waals surface area contributed by atoms with Crippen molar-refractivity contribution in [3.8, 4) is 5.88 Å². The van der Waals surface area contributed by atoms with Crippen LogP contribution in [0.4, 0.5) is 0 Å². The van der Waals surface area contributed by atoms with Crippen LogP contribution in [0.2, 0.25) is 0 Å². The van der Waals surface area contributed by atoms with E-state index in [4.69, 9.17) is 14.2 Å². The number of methoxy groups -OCH3 is 1. The Bertz CT molecular complexity index is 317. The summed E-state index contributed by atoms with van der Waals surface area (Å²) in [6.07, 6.45) is 2.74. The van der Waals surface area contributed by atoms with Gasteiger partial charge in [-0.1, -0.05) is 13.0 Å². The lowest BCUT2D eigenvalue weighted by molar-refractivity contribution is 0.0795. The zero-order valence-electron chi connectivity index (χ0n) is 11.9. The van der Waals surface area contributed by atoms with Crippen LogP contribution in [0.1, 0.15) is 18.9 Å². The summed E-state index contributed by atoms with van der Waals surface area (Å²) in [5.74, 6) is 0.640. The second kappa shape index (κ2) is 10.7. The molecule has 1 aromatic heterocycles. The largest absolute Gasteiger partial charge is 0.475 e. The van der Waals surface area contributed by atoms with Crippen LogP contribution in [-0.4, -0.2) is 45.1 Å². The molecule has 0 atom stereocenters. The van der Waals surface area contributed by atoms with Crippen molar-refractivity contribution in [3.05, 3.63) is 23.9 Å². The Morgan fingerprint density at radius 1 is 1.16 bits per heavy atom. The van der Waals surface area contributed by atoms with E-state index in [0.29, 0.717) is 25.7 Å². The van der Waals surface area contributed by atoms with Crippen LogP contribution in [0.15, 0.2) is 18.3 Å². The Balaban J connectivity index is 2.09. The highest BCUT2D eigenvalue weighted by atomic mass is 16.5. The van der Waals surface area contributed by atoms with E-state index < -0.39 is 0 Å². The average molecular weight is 268 g/mol. The van der Waals surface area contributed by atoms with Crippen molar-refractivity contribution in [2.45, 2.75) is 19.9 Å². The fourth-order valence-electron chi connectivity index (χ4n) is 1.48. The van der Waals surface area contributed by atoms with E-state index in [1.165, 1.54) is 0 Å². The van der Waals surface area contributed by atoms with Crippen molar-refractivity contribution in [3.63, 3.8) is 0 Å². The van der Waals surface area contributed by atoms with Crippen molar-refractivity contribution in [1.82, 2.24) is 10.3 Å². The van der Waals surface area contributed by atoms with Gasteiger partial charge >= 0.3 is 0 Å². The first kappa shape index (κ1) is 15.9. The molecule has 1 N–H and O–H groups in total. The molecule has 0 aliphatic heterocycles. The number of pyridine rings is 1. The highest BCUT2D eigenvalue weighted by Crippen LogP contribution is 2.07. The van der Waals surface area contributed by atoms with Crippen LogP contribution < -0.4 is 10.1 Å². The fourth-order valence-corrected chi connectivity index (χ4v) is 1.48. The molecule has 0 amide bonds. The standard InChI is InChI=1S/C14H24N2O3/c1-3-15-11-13-5-6-14(16-12-13)19-10-9-18-8-4-7-17-2/h5-6,12,15H,3-4,7-11H2,1-2H3. The number of aromatic nitrogens is 1. The van der Waals surface area contributed by atoms with Crippen molar-refractivity contribution in [2.75, 3.05) is 40.1 Å². The van der Waals surface area contributed by atoms with E-state index in [1.54, 1.807) is 7.11 Å². The number of nitrogens with zero attached hydrogens (tertiary/aromatic N) is 1. The summed E-state index contributed by atoms with van der Waals surface area (Å²) in [6, 6.07) is 3.90. The minimum absolute atomic E-state index is 0.520. The lowest BCUT2D eigenvalue weighted by Gasteiger charge is -2.07. The van der Waals surface area contributed by atoms with Crippen LogP contribution in [0, 0.1) is 0 Å². The van der Waals surface area contributed by atoms with Crippen LogP contribution in [0.3, 0.4) is 0 Å². The summed E-state index contributed by atoms with van der Waals surface area (Å²) in [6.45, 7) is 6.40. The minimum atomic E-state index is 0.520. The number of nitrogens with one attached hydrogen (secondary N) is 1. The molecular formula is C14H24N2O3. The molecule has 0 fully saturated rings. The van der Waals surface area contributed by atoms with E-state index in [0.717, 1.165) is 31.7 Å². The van der Waals surface area contributed by atoms with Crippen LogP contribution in [0.25, 0.3) is 0 Å². The molecule has 0 unspecified atom stereocenters. The molecular weight excluding hydrogens is 244 g/mol. The second-order valence-corrected chi connectivity index (χ2v) is 4.09. The smallest absolute Gasteiger partial charge is 0.213 e. The zero-order chi connectivity index (χ0) is 13.8. The first-order valence-electron chi connectivity index (χ1n) is 6.72. The molecule has 1 rings (SSSR count). The number of ether oxygens (including phenoxy) is 3. The molecule has 0 saturated carbocycles. The lowest BCUT2D eigenvalue weighted by atomic mass is 10.3. The molecule has 0 spiro atoms. The summed E-state index contributed by atoms with van der Waals surface area (Å²) in [4.78, 5) is 4.24. The number of hydrogen-bond acceptors (Lipinski definition) is 5. The Kier molecular flexibility index (Phi) is 8.97. The van der Waals surface area contributed by atoms with Crippen LogP contribution in [0.5, 0.6) is 5.88 Å².